The molecule has 228 valence electrons. The van der Waals surface area contributed by atoms with Crippen molar-refractivity contribution < 1.29 is 36.4 Å². The van der Waals surface area contributed by atoms with E-state index in [2.05, 4.69) is 10.3 Å². The summed E-state index contributed by atoms with van der Waals surface area (Å²) >= 11 is 0. The fraction of sp³-hybridized carbons (Fsp3) is 0.483. The van der Waals surface area contributed by atoms with Gasteiger partial charge in [-0.1, -0.05) is 6.92 Å². The third kappa shape index (κ3) is 7.64. The number of carbonyl (C=O) groups excluding carboxylic acids is 2. The van der Waals surface area contributed by atoms with Gasteiger partial charge in [-0.25, -0.2) is 22.6 Å². The summed E-state index contributed by atoms with van der Waals surface area (Å²) < 4.78 is 50.8. The normalized spacial score (nSPS) is 15.0. The minimum atomic E-state index is -2.92. The maximum Gasteiger partial charge on any atom is 0.528 e. The van der Waals surface area contributed by atoms with E-state index in [9.17, 15) is 22.4 Å². The number of pyridine rings is 1. The number of rotatable bonds is 9. The summed E-state index contributed by atoms with van der Waals surface area (Å²) in [4.78, 5) is 34.8. The number of benzene rings is 1. The molecule has 13 heteroatoms. The number of aryl methyl sites for hydroxylation is 1. The molecule has 0 radical (unpaired) electrons. The number of hydrogen-bond acceptors (Lipinski definition) is 9. The summed E-state index contributed by atoms with van der Waals surface area (Å²) in [6, 6.07) is 7.41. The Morgan fingerprint density at radius 3 is 2.43 bits per heavy atom. The van der Waals surface area contributed by atoms with Gasteiger partial charge in [-0.2, -0.15) is 4.31 Å². The number of furan rings is 1. The molecule has 42 heavy (non-hydrogen) atoms. The molecule has 2 aromatic heterocycles. The van der Waals surface area contributed by atoms with E-state index < -0.39 is 28.5 Å². The molecule has 3 heterocycles. The Balaban J connectivity index is 1.53. The molecule has 0 unspecified atom stereocenters. The van der Waals surface area contributed by atoms with Crippen LogP contribution in [-0.4, -0.2) is 67.1 Å². The summed E-state index contributed by atoms with van der Waals surface area (Å²) in [5, 5.41) is 4.65. The van der Waals surface area contributed by atoms with Gasteiger partial charge in [-0.05, 0) is 81.8 Å². The Morgan fingerprint density at radius 2 is 1.86 bits per heavy atom. The third-order valence-corrected chi connectivity index (χ3v) is 7.76. The van der Waals surface area contributed by atoms with Crippen LogP contribution < -0.4 is 5.32 Å². The first-order valence-corrected chi connectivity index (χ1v) is 15.0. The number of halogens is 1. The number of ether oxygens (including phenoxy) is 1. The molecule has 0 atom stereocenters. The van der Waals surface area contributed by atoms with Gasteiger partial charge in [0.15, 0.2) is 0 Å². The lowest BCUT2D eigenvalue weighted by molar-refractivity contribution is -0.155. The van der Waals surface area contributed by atoms with Gasteiger partial charge in [0.25, 0.3) is 5.91 Å². The Morgan fingerprint density at radius 1 is 1.19 bits per heavy atom. The number of aromatic nitrogens is 1. The van der Waals surface area contributed by atoms with Gasteiger partial charge < -0.3 is 19.3 Å². The van der Waals surface area contributed by atoms with Gasteiger partial charge in [-0.15, -0.1) is 5.06 Å². The molecule has 0 aliphatic carbocycles. The smallest absolute Gasteiger partial charge is 0.437 e. The average Bonchev–Trinajstić information content (AvgIpc) is 3.30. The largest absolute Gasteiger partial charge is 0.528 e. The fourth-order valence-corrected chi connectivity index (χ4v) is 5.53. The van der Waals surface area contributed by atoms with Crippen LogP contribution in [0.15, 0.2) is 34.7 Å². The number of piperidine rings is 1. The van der Waals surface area contributed by atoms with Crippen LogP contribution >= 0.6 is 0 Å². The minimum absolute atomic E-state index is 0.0360. The standard InChI is InChI=1S/C29H37FN4O7S/c1-6-19-15-22-24(26(35)31-5)25(20-7-9-21(30)10-8-20)39-27(22)32-23(19)17-34(42(37)38)16-18-11-13-33(14-12-18)41-28(36)40-29(2,3)4/h7-10,15,18,42H,6,11-14,16-17H2,1-5H3,(H,31,35). The van der Waals surface area contributed by atoms with Gasteiger partial charge in [0.05, 0.1) is 23.2 Å². The highest BCUT2D eigenvalue weighted by atomic mass is 32.2. The van der Waals surface area contributed by atoms with Crippen molar-refractivity contribution >= 4 is 34.1 Å². The molecule has 4 rings (SSSR count). The average molecular weight is 605 g/mol. The topological polar surface area (TPSA) is 131 Å². The number of hydrogen-bond donors (Lipinski definition) is 2. The molecule has 0 bridgehead atoms. The number of thiol groups is 1. The SMILES string of the molecule is CCc1cc2c(C(=O)NC)c(-c3ccc(F)cc3)oc2nc1CN(CC1CCN(OC(=O)OC(C)(C)C)CC1)[SH](=O)=O. The van der Waals surface area contributed by atoms with Crippen LogP contribution in [0.3, 0.4) is 0 Å². The van der Waals surface area contributed by atoms with Gasteiger partial charge in [0, 0.05) is 32.2 Å². The maximum atomic E-state index is 13.6. The second kappa shape index (κ2) is 13.2. The second-order valence-electron chi connectivity index (χ2n) is 11.2. The van der Waals surface area contributed by atoms with Crippen LogP contribution in [0.1, 0.15) is 62.2 Å². The van der Waals surface area contributed by atoms with Crippen LogP contribution in [0, 0.1) is 11.7 Å². The number of nitrogens with one attached hydrogen (secondary N) is 1. The van der Waals surface area contributed by atoms with Crippen molar-refractivity contribution in [2.45, 2.75) is 59.1 Å². The van der Waals surface area contributed by atoms with Crippen molar-refractivity contribution in [1.82, 2.24) is 19.7 Å². The number of fused-ring (bicyclic) bond motifs is 1. The highest BCUT2D eigenvalue weighted by Gasteiger charge is 2.28. The quantitative estimate of drug-likeness (QED) is 0.268. The van der Waals surface area contributed by atoms with Gasteiger partial charge in [0.2, 0.25) is 16.6 Å². The summed E-state index contributed by atoms with van der Waals surface area (Å²) in [7, 11) is -1.41. The summed E-state index contributed by atoms with van der Waals surface area (Å²) in [5.74, 6) is -0.490. The molecule has 1 fully saturated rings. The Labute approximate surface area is 246 Å². The molecular weight excluding hydrogens is 567 g/mol. The van der Waals surface area contributed by atoms with Crippen LogP contribution in [0.2, 0.25) is 0 Å². The van der Waals surface area contributed by atoms with E-state index >= 15 is 0 Å². The lowest BCUT2D eigenvalue weighted by Gasteiger charge is -2.32. The molecule has 1 aromatic carbocycles. The first-order chi connectivity index (χ1) is 19.9. The Hall–Kier alpha value is -3.55. The zero-order valence-electron chi connectivity index (χ0n) is 24.4. The molecule has 0 spiro atoms. The van der Waals surface area contributed by atoms with Crippen molar-refractivity contribution in [3.05, 3.63) is 53.0 Å². The summed E-state index contributed by atoms with van der Waals surface area (Å²) in [6.45, 7) is 8.43. The number of nitrogens with zero attached hydrogens (tertiary/aromatic N) is 3. The minimum Gasteiger partial charge on any atom is -0.437 e. The monoisotopic (exact) mass is 604 g/mol. The highest BCUT2D eigenvalue weighted by Crippen LogP contribution is 2.34. The van der Waals surface area contributed by atoms with Crippen molar-refractivity contribution in [3.63, 3.8) is 0 Å². The predicted molar refractivity (Wildman–Crippen MR) is 155 cm³/mol. The number of carbonyl (C=O) groups is 2. The lowest BCUT2D eigenvalue weighted by atomic mass is 9.98. The van der Waals surface area contributed by atoms with Crippen molar-refractivity contribution in [2.24, 2.45) is 5.92 Å². The molecule has 11 nitrogen and oxygen atoms in total. The van der Waals surface area contributed by atoms with E-state index in [1.54, 1.807) is 26.8 Å². The number of hydroxylamine groups is 2. The van der Waals surface area contributed by atoms with E-state index in [4.69, 9.17) is 14.0 Å². The van der Waals surface area contributed by atoms with E-state index in [1.807, 2.05) is 6.92 Å². The third-order valence-electron chi connectivity index (χ3n) is 6.99. The number of amides is 1. The molecular formula is C29H37FN4O7S. The van der Waals surface area contributed by atoms with Crippen molar-refractivity contribution in [3.8, 4) is 11.3 Å². The van der Waals surface area contributed by atoms with Gasteiger partial charge >= 0.3 is 6.16 Å². The van der Waals surface area contributed by atoms with Gasteiger partial charge in [0.1, 0.15) is 17.2 Å². The predicted octanol–water partition coefficient (Wildman–Crippen LogP) is 4.46. The van der Waals surface area contributed by atoms with E-state index in [1.165, 1.54) is 40.7 Å². The van der Waals surface area contributed by atoms with E-state index in [0.717, 1.165) is 5.56 Å². The second-order valence-corrected chi connectivity index (χ2v) is 12.2. The zero-order valence-corrected chi connectivity index (χ0v) is 25.3. The summed E-state index contributed by atoms with van der Waals surface area (Å²) in [6.07, 6.45) is 1.04. The van der Waals surface area contributed by atoms with Gasteiger partial charge in [-0.3, -0.25) is 4.79 Å². The van der Waals surface area contributed by atoms with E-state index in [-0.39, 0.29) is 42.0 Å². The van der Waals surface area contributed by atoms with Crippen LogP contribution in [-0.2, 0) is 33.4 Å². The first-order valence-electron chi connectivity index (χ1n) is 13.9. The molecule has 1 aliphatic heterocycles. The molecule has 1 aliphatic rings. The van der Waals surface area contributed by atoms with Crippen LogP contribution in [0.4, 0.5) is 9.18 Å². The molecule has 1 amide bonds. The zero-order chi connectivity index (χ0) is 30.6. The van der Waals surface area contributed by atoms with Crippen molar-refractivity contribution in [2.75, 3.05) is 26.7 Å². The fourth-order valence-electron chi connectivity index (χ4n) is 4.92. The molecule has 1 N–H and O–H groups in total. The Kier molecular flexibility index (Phi) is 9.85. The lowest BCUT2D eigenvalue weighted by Crippen LogP contribution is -2.40. The van der Waals surface area contributed by atoms with Crippen LogP contribution in [0.5, 0.6) is 0 Å². The maximum absolute atomic E-state index is 13.6. The van der Waals surface area contributed by atoms with Crippen LogP contribution in [0.25, 0.3) is 22.4 Å². The Bertz CT molecular complexity index is 1500. The first kappa shape index (κ1) is 31.4. The molecule has 1 saturated heterocycles. The summed E-state index contributed by atoms with van der Waals surface area (Å²) in [5.41, 5.74) is 1.62. The van der Waals surface area contributed by atoms with E-state index in [0.29, 0.717) is 49.0 Å². The van der Waals surface area contributed by atoms with Crippen molar-refractivity contribution in [1.29, 1.82) is 0 Å². The molecule has 0 saturated carbocycles. The highest BCUT2D eigenvalue weighted by molar-refractivity contribution is 7.69. The molecule has 3 aromatic rings.